The molecule has 9 heteroatoms. The Hall–Kier alpha value is -4.01. The summed E-state index contributed by atoms with van der Waals surface area (Å²) in [5, 5.41) is 14.0. The van der Waals surface area contributed by atoms with Crippen LogP contribution in [0.15, 0.2) is 73.6 Å². The number of urea groups is 1. The lowest BCUT2D eigenvalue weighted by molar-refractivity contribution is 0.240. The average Bonchev–Trinajstić information content (AvgIpc) is 3.45. The highest BCUT2D eigenvalue weighted by Crippen LogP contribution is 2.07. The number of pyridine rings is 2. The molecular weight excluding hydrogens is 356 g/mol. The third kappa shape index (κ3) is 4.21. The van der Waals surface area contributed by atoms with Crippen LogP contribution in [0.2, 0.25) is 0 Å². The molecule has 4 heterocycles. The van der Waals surface area contributed by atoms with Gasteiger partial charge >= 0.3 is 6.03 Å². The monoisotopic (exact) mass is 374 g/mol. The van der Waals surface area contributed by atoms with Crippen LogP contribution in [-0.2, 0) is 13.1 Å². The van der Waals surface area contributed by atoms with Crippen molar-refractivity contribution in [3.05, 3.63) is 84.7 Å². The fourth-order valence-corrected chi connectivity index (χ4v) is 2.63. The van der Waals surface area contributed by atoms with Gasteiger partial charge < -0.3 is 10.6 Å². The largest absolute Gasteiger partial charge is 0.334 e. The highest BCUT2D eigenvalue weighted by Gasteiger charge is 2.05. The van der Waals surface area contributed by atoms with Gasteiger partial charge in [0.1, 0.15) is 0 Å². The molecule has 0 bridgehead atoms. The van der Waals surface area contributed by atoms with Crippen LogP contribution in [0.25, 0.3) is 11.6 Å². The Kier molecular flexibility index (Phi) is 5.05. The molecule has 0 saturated heterocycles. The fraction of sp³-hybridized carbons (Fsp3) is 0.105. The number of rotatable bonds is 6. The first-order valence-electron chi connectivity index (χ1n) is 8.69. The maximum atomic E-state index is 12.1. The molecule has 4 aromatic rings. The Morgan fingerprint density at radius 2 is 1.29 bits per heavy atom. The fourth-order valence-electron chi connectivity index (χ4n) is 2.63. The molecule has 0 unspecified atom stereocenters. The maximum absolute atomic E-state index is 12.1. The second-order valence-electron chi connectivity index (χ2n) is 5.98. The molecule has 2 N–H and O–H groups in total. The molecular formula is C19H18N8O. The second-order valence-corrected chi connectivity index (χ2v) is 5.98. The van der Waals surface area contributed by atoms with Gasteiger partial charge in [-0.2, -0.15) is 10.2 Å². The predicted octanol–water partition coefficient (Wildman–Crippen LogP) is 1.85. The van der Waals surface area contributed by atoms with E-state index in [9.17, 15) is 4.79 Å². The minimum Gasteiger partial charge on any atom is -0.334 e. The lowest BCUT2D eigenvalue weighted by Gasteiger charge is -2.09. The van der Waals surface area contributed by atoms with Crippen molar-refractivity contribution in [1.82, 2.24) is 40.2 Å². The van der Waals surface area contributed by atoms with Crippen molar-refractivity contribution in [3.8, 4) is 11.6 Å². The molecule has 2 amide bonds. The third-order valence-corrected chi connectivity index (χ3v) is 4.00. The zero-order valence-electron chi connectivity index (χ0n) is 14.9. The maximum Gasteiger partial charge on any atom is 0.315 e. The van der Waals surface area contributed by atoms with Crippen LogP contribution in [-0.4, -0.2) is 35.6 Å². The summed E-state index contributed by atoms with van der Waals surface area (Å²) < 4.78 is 3.34. The molecule has 0 aliphatic heterocycles. The van der Waals surface area contributed by atoms with Crippen molar-refractivity contribution in [2.45, 2.75) is 13.1 Å². The third-order valence-electron chi connectivity index (χ3n) is 4.00. The Morgan fingerprint density at radius 3 is 1.71 bits per heavy atom. The van der Waals surface area contributed by atoms with E-state index in [0.29, 0.717) is 24.7 Å². The van der Waals surface area contributed by atoms with E-state index in [2.05, 4.69) is 30.8 Å². The predicted molar refractivity (Wildman–Crippen MR) is 102 cm³/mol. The minimum atomic E-state index is -0.255. The number of nitrogens with one attached hydrogen (secondary N) is 2. The summed E-state index contributed by atoms with van der Waals surface area (Å²) >= 11 is 0. The van der Waals surface area contributed by atoms with Gasteiger partial charge in [0.05, 0.1) is 0 Å². The van der Waals surface area contributed by atoms with E-state index < -0.39 is 0 Å². The van der Waals surface area contributed by atoms with Crippen molar-refractivity contribution >= 4 is 6.03 Å². The molecule has 0 spiro atoms. The summed E-state index contributed by atoms with van der Waals surface area (Å²) in [6.45, 7) is 0.773. The van der Waals surface area contributed by atoms with E-state index in [4.69, 9.17) is 0 Å². The topological polar surface area (TPSA) is 103 Å². The van der Waals surface area contributed by atoms with Gasteiger partial charge in [0.25, 0.3) is 0 Å². The molecule has 28 heavy (non-hydrogen) atoms. The number of carbonyl (C=O) groups excluding carboxylic acids is 1. The average molecular weight is 374 g/mol. The van der Waals surface area contributed by atoms with E-state index in [0.717, 1.165) is 11.1 Å². The van der Waals surface area contributed by atoms with Crippen molar-refractivity contribution in [3.63, 3.8) is 0 Å². The van der Waals surface area contributed by atoms with E-state index >= 15 is 0 Å². The first-order chi connectivity index (χ1) is 13.8. The lowest BCUT2D eigenvalue weighted by atomic mass is 10.2. The molecule has 0 fully saturated rings. The minimum absolute atomic E-state index is 0.255. The number of aromatic nitrogens is 6. The van der Waals surface area contributed by atoms with Gasteiger partial charge in [0, 0.05) is 50.3 Å². The number of nitrogens with zero attached hydrogens (tertiary/aromatic N) is 6. The standard InChI is InChI=1S/C19H18N8O/c28-19(22-13-15-3-7-20-17(11-15)26-9-1-5-24-26)23-14-16-4-8-21-18(12-16)27-10-2-6-25-27/h1-12H,13-14H2,(H2,22,23,28). The van der Waals surface area contributed by atoms with Crippen LogP contribution in [0.3, 0.4) is 0 Å². The second kappa shape index (κ2) is 8.12. The molecule has 4 rings (SSSR count). The van der Waals surface area contributed by atoms with E-state index in [1.807, 2.05) is 48.8 Å². The van der Waals surface area contributed by atoms with Gasteiger partial charge in [-0.25, -0.2) is 24.1 Å². The molecule has 0 atom stereocenters. The van der Waals surface area contributed by atoms with Crippen LogP contribution >= 0.6 is 0 Å². The van der Waals surface area contributed by atoms with Crippen molar-refractivity contribution in [1.29, 1.82) is 0 Å². The number of carbonyl (C=O) groups is 1. The molecule has 0 aromatic carbocycles. The Morgan fingerprint density at radius 1 is 0.786 bits per heavy atom. The van der Waals surface area contributed by atoms with E-state index in [1.165, 1.54) is 0 Å². The Balaban J connectivity index is 1.31. The van der Waals surface area contributed by atoms with Crippen molar-refractivity contribution < 1.29 is 4.79 Å². The zero-order valence-corrected chi connectivity index (χ0v) is 14.9. The molecule has 0 aliphatic rings. The Bertz CT molecular complexity index is 960. The van der Waals surface area contributed by atoms with Gasteiger partial charge in [0.2, 0.25) is 0 Å². The van der Waals surface area contributed by atoms with Gasteiger partial charge in [-0.15, -0.1) is 0 Å². The molecule has 140 valence electrons. The number of amides is 2. The van der Waals surface area contributed by atoms with E-state index in [1.54, 1.807) is 34.2 Å². The van der Waals surface area contributed by atoms with Crippen LogP contribution in [0, 0.1) is 0 Å². The summed E-state index contributed by atoms with van der Waals surface area (Å²) in [6.07, 6.45) is 10.4. The molecule has 9 nitrogen and oxygen atoms in total. The summed E-state index contributed by atoms with van der Waals surface area (Å²) in [7, 11) is 0. The van der Waals surface area contributed by atoms with Crippen LogP contribution in [0.4, 0.5) is 4.79 Å². The lowest BCUT2D eigenvalue weighted by Crippen LogP contribution is -2.34. The van der Waals surface area contributed by atoms with Crippen molar-refractivity contribution in [2.75, 3.05) is 0 Å². The molecule has 4 aromatic heterocycles. The zero-order chi connectivity index (χ0) is 19.2. The van der Waals surface area contributed by atoms with Gasteiger partial charge in [-0.05, 0) is 47.5 Å². The summed E-state index contributed by atoms with van der Waals surface area (Å²) in [5.74, 6) is 1.40. The highest BCUT2D eigenvalue weighted by atomic mass is 16.2. The van der Waals surface area contributed by atoms with Gasteiger partial charge in [-0.3, -0.25) is 0 Å². The van der Waals surface area contributed by atoms with Crippen molar-refractivity contribution in [2.24, 2.45) is 0 Å². The molecule has 0 saturated carbocycles. The SMILES string of the molecule is O=C(NCc1ccnc(-n2cccn2)c1)NCc1ccnc(-n2cccn2)c1. The molecule has 0 radical (unpaired) electrons. The molecule has 0 aliphatic carbocycles. The van der Waals surface area contributed by atoms with Crippen LogP contribution in [0.5, 0.6) is 0 Å². The smallest absolute Gasteiger partial charge is 0.315 e. The quantitative estimate of drug-likeness (QED) is 0.536. The first-order valence-corrected chi connectivity index (χ1v) is 8.69. The first kappa shape index (κ1) is 17.4. The van der Waals surface area contributed by atoms with Crippen LogP contribution < -0.4 is 10.6 Å². The highest BCUT2D eigenvalue weighted by molar-refractivity contribution is 5.73. The van der Waals surface area contributed by atoms with Crippen LogP contribution in [0.1, 0.15) is 11.1 Å². The number of hydrogen-bond acceptors (Lipinski definition) is 5. The van der Waals surface area contributed by atoms with Gasteiger partial charge in [-0.1, -0.05) is 0 Å². The van der Waals surface area contributed by atoms with Gasteiger partial charge in [0.15, 0.2) is 11.6 Å². The normalized spacial score (nSPS) is 10.6. The summed E-state index contributed by atoms with van der Waals surface area (Å²) in [6, 6.07) is 10.9. The summed E-state index contributed by atoms with van der Waals surface area (Å²) in [4.78, 5) is 20.7. The Labute approximate surface area is 161 Å². The van der Waals surface area contributed by atoms with E-state index in [-0.39, 0.29) is 6.03 Å². The number of hydrogen-bond donors (Lipinski definition) is 2. The summed E-state index contributed by atoms with van der Waals surface area (Å²) in [5.41, 5.74) is 1.86.